The third-order valence-corrected chi connectivity index (χ3v) is 5.61. The predicted octanol–water partition coefficient (Wildman–Crippen LogP) is 1.92. The van der Waals surface area contributed by atoms with E-state index >= 15 is 0 Å². The molecule has 0 bridgehead atoms. The van der Waals surface area contributed by atoms with E-state index in [2.05, 4.69) is 6.92 Å². The van der Waals surface area contributed by atoms with Crippen LogP contribution in [0.25, 0.3) is 0 Å². The van der Waals surface area contributed by atoms with Gasteiger partial charge in [0.2, 0.25) is 10.0 Å². The molecular formula is C10H20ClNO2S. The normalized spacial score (nSPS) is 25.7. The Balaban J connectivity index is 2.56. The van der Waals surface area contributed by atoms with Crippen LogP contribution in [0, 0.1) is 11.8 Å². The van der Waals surface area contributed by atoms with Crippen molar-refractivity contribution in [3.8, 4) is 0 Å². The first-order valence-electron chi connectivity index (χ1n) is 5.53. The van der Waals surface area contributed by atoms with E-state index in [4.69, 9.17) is 11.6 Å². The molecule has 0 aromatic rings. The number of rotatable bonds is 5. The van der Waals surface area contributed by atoms with E-state index in [1.165, 1.54) is 0 Å². The topological polar surface area (TPSA) is 37.4 Å². The standard InChI is InChI=1S/C10H20ClNO2S/c1-3-10-4-5-12(7-10)15(13,14)8-9(2)6-11/h9-10H,3-8H2,1-2H3. The zero-order chi connectivity index (χ0) is 11.5. The molecule has 15 heavy (non-hydrogen) atoms. The maximum absolute atomic E-state index is 11.9. The third kappa shape index (κ3) is 3.61. The Labute approximate surface area is 97.8 Å². The average molecular weight is 254 g/mol. The van der Waals surface area contributed by atoms with Crippen LogP contribution in [0.15, 0.2) is 0 Å². The summed E-state index contributed by atoms with van der Waals surface area (Å²) in [6.45, 7) is 5.38. The molecule has 0 aliphatic carbocycles. The van der Waals surface area contributed by atoms with E-state index in [1.807, 2.05) is 6.92 Å². The molecule has 0 amide bonds. The van der Waals surface area contributed by atoms with Crippen molar-refractivity contribution >= 4 is 21.6 Å². The van der Waals surface area contributed by atoms with E-state index in [1.54, 1.807) is 4.31 Å². The molecule has 1 aliphatic heterocycles. The average Bonchev–Trinajstić information content (AvgIpc) is 2.65. The summed E-state index contributed by atoms with van der Waals surface area (Å²) < 4.78 is 25.5. The Kier molecular flexibility index (Phi) is 4.87. The lowest BCUT2D eigenvalue weighted by Crippen LogP contribution is -2.33. The molecule has 1 fully saturated rings. The van der Waals surface area contributed by atoms with E-state index in [9.17, 15) is 8.42 Å². The van der Waals surface area contributed by atoms with Gasteiger partial charge in [0.05, 0.1) is 5.75 Å². The zero-order valence-electron chi connectivity index (χ0n) is 9.45. The van der Waals surface area contributed by atoms with Crippen molar-refractivity contribution in [1.82, 2.24) is 4.31 Å². The summed E-state index contributed by atoms with van der Waals surface area (Å²) in [6.07, 6.45) is 2.07. The second-order valence-electron chi connectivity index (χ2n) is 4.46. The fourth-order valence-electron chi connectivity index (χ4n) is 1.89. The van der Waals surface area contributed by atoms with Gasteiger partial charge in [0.1, 0.15) is 0 Å². The van der Waals surface area contributed by atoms with Crippen molar-refractivity contribution < 1.29 is 8.42 Å². The number of hydrogen-bond donors (Lipinski definition) is 0. The summed E-state index contributed by atoms with van der Waals surface area (Å²) >= 11 is 5.64. The van der Waals surface area contributed by atoms with Crippen LogP contribution >= 0.6 is 11.6 Å². The quantitative estimate of drug-likeness (QED) is 0.702. The minimum Gasteiger partial charge on any atom is -0.212 e. The van der Waals surface area contributed by atoms with Gasteiger partial charge in [0, 0.05) is 19.0 Å². The highest BCUT2D eigenvalue weighted by atomic mass is 35.5. The summed E-state index contributed by atoms with van der Waals surface area (Å²) in [5.74, 6) is 1.18. The highest BCUT2D eigenvalue weighted by Crippen LogP contribution is 2.23. The molecule has 0 aromatic heterocycles. The first kappa shape index (κ1) is 13.3. The van der Waals surface area contributed by atoms with Gasteiger partial charge >= 0.3 is 0 Å². The van der Waals surface area contributed by atoms with Crippen LogP contribution in [0.2, 0.25) is 0 Å². The highest BCUT2D eigenvalue weighted by Gasteiger charge is 2.31. The maximum Gasteiger partial charge on any atom is 0.214 e. The summed E-state index contributed by atoms with van der Waals surface area (Å²) in [5, 5.41) is 0. The Bertz CT molecular complexity index is 292. The third-order valence-electron chi connectivity index (χ3n) is 2.98. The van der Waals surface area contributed by atoms with Gasteiger partial charge in [-0.05, 0) is 18.3 Å². The van der Waals surface area contributed by atoms with Crippen LogP contribution in [-0.4, -0.2) is 37.4 Å². The van der Waals surface area contributed by atoms with Gasteiger partial charge in [-0.3, -0.25) is 0 Å². The van der Waals surface area contributed by atoms with Crippen LogP contribution in [0.3, 0.4) is 0 Å². The molecule has 0 spiro atoms. The second kappa shape index (κ2) is 5.51. The highest BCUT2D eigenvalue weighted by molar-refractivity contribution is 7.89. The Morgan fingerprint density at radius 1 is 1.53 bits per heavy atom. The molecule has 2 unspecified atom stereocenters. The van der Waals surface area contributed by atoms with Crippen molar-refractivity contribution in [3.63, 3.8) is 0 Å². The Hall–Kier alpha value is 0.200. The molecule has 0 saturated carbocycles. The van der Waals surface area contributed by atoms with Crippen LogP contribution in [0.5, 0.6) is 0 Å². The van der Waals surface area contributed by atoms with Gasteiger partial charge in [-0.25, -0.2) is 12.7 Å². The van der Waals surface area contributed by atoms with E-state index < -0.39 is 10.0 Å². The zero-order valence-corrected chi connectivity index (χ0v) is 11.0. The first-order chi connectivity index (χ1) is 6.99. The van der Waals surface area contributed by atoms with Crippen LogP contribution in [0.1, 0.15) is 26.7 Å². The van der Waals surface area contributed by atoms with Gasteiger partial charge in [-0.15, -0.1) is 11.6 Å². The summed E-state index contributed by atoms with van der Waals surface area (Å²) in [5.41, 5.74) is 0. The lowest BCUT2D eigenvalue weighted by atomic mass is 10.1. The molecule has 0 aromatic carbocycles. The molecule has 0 N–H and O–H groups in total. The smallest absolute Gasteiger partial charge is 0.212 e. The monoisotopic (exact) mass is 253 g/mol. The van der Waals surface area contributed by atoms with Crippen molar-refractivity contribution in [2.45, 2.75) is 26.7 Å². The molecule has 1 heterocycles. The maximum atomic E-state index is 11.9. The fourth-order valence-corrected chi connectivity index (χ4v) is 4.00. The molecule has 2 atom stereocenters. The van der Waals surface area contributed by atoms with Crippen LogP contribution < -0.4 is 0 Å². The van der Waals surface area contributed by atoms with Gasteiger partial charge in [0.25, 0.3) is 0 Å². The lowest BCUT2D eigenvalue weighted by molar-refractivity contribution is 0.448. The van der Waals surface area contributed by atoms with Crippen molar-refractivity contribution in [2.75, 3.05) is 24.7 Å². The minimum absolute atomic E-state index is 0.0392. The molecule has 1 aliphatic rings. The number of nitrogens with zero attached hydrogens (tertiary/aromatic N) is 1. The Morgan fingerprint density at radius 2 is 2.20 bits per heavy atom. The predicted molar refractivity (Wildman–Crippen MR) is 63.6 cm³/mol. The van der Waals surface area contributed by atoms with E-state index in [-0.39, 0.29) is 11.7 Å². The van der Waals surface area contributed by atoms with Gasteiger partial charge < -0.3 is 0 Å². The molecule has 3 nitrogen and oxygen atoms in total. The van der Waals surface area contributed by atoms with Crippen LogP contribution in [-0.2, 0) is 10.0 Å². The molecule has 90 valence electrons. The second-order valence-corrected chi connectivity index (χ2v) is 6.78. The fraction of sp³-hybridized carbons (Fsp3) is 1.00. The molecule has 1 saturated heterocycles. The van der Waals surface area contributed by atoms with Gasteiger partial charge in [0.15, 0.2) is 0 Å². The molecule has 0 radical (unpaired) electrons. The summed E-state index contributed by atoms with van der Waals surface area (Å²) in [7, 11) is -3.07. The number of halogens is 1. The first-order valence-corrected chi connectivity index (χ1v) is 7.67. The largest absolute Gasteiger partial charge is 0.214 e. The van der Waals surface area contributed by atoms with Crippen molar-refractivity contribution in [2.24, 2.45) is 11.8 Å². The molecule has 5 heteroatoms. The summed E-state index contributed by atoms with van der Waals surface area (Å²) in [6, 6.07) is 0. The van der Waals surface area contributed by atoms with Crippen molar-refractivity contribution in [3.05, 3.63) is 0 Å². The van der Waals surface area contributed by atoms with Crippen molar-refractivity contribution in [1.29, 1.82) is 0 Å². The van der Waals surface area contributed by atoms with E-state index in [0.29, 0.717) is 24.9 Å². The van der Waals surface area contributed by atoms with Crippen LogP contribution in [0.4, 0.5) is 0 Å². The minimum atomic E-state index is -3.07. The number of sulfonamides is 1. The lowest BCUT2D eigenvalue weighted by Gasteiger charge is -2.18. The SMILES string of the molecule is CCC1CCN(S(=O)(=O)CC(C)CCl)C1. The van der Waals surface area contributed by atoms with E-state index in [0.717, 1.165) is 12.8 Å². The van der Waals surface area contributed by atoms with Gasteiger partial charge in [-0.1, -0.05) is 20.3 Å². The Morgan fingerprint density at radius 3 is 2.67 bits per heavy atom. The molecule has 1 rings (SSSR count). The summed E-state index contributed by atoms with van der Waals surface area (Å²) in [4.78, 5) is 0. The molecular weight excluding hydrogens is 234 g/mol. The number of hydrogen-bond acceptors (Lipinski definition) is 2. The number of alkyl halides is 1. The van der Waals surface area contributed by atoms with Gasteiger partial charge in [-0.2, -0.15) is 0 Å².